The Morgan fingerprint density at radius 3 is 2.47 bits per heavy atom. The summed E-state index contributed by atoms with van der Waals surface area (Å²) in [5.74, 6) is 0.275. The molecular formula is C14H22N2O2S. The molecule has 1 saturated carbocycles. The van der Waals surface area contributed by atoms with Crippen molar-refractivity contribution in [1.82, 2.24) is 4.31 Å². The normalized spacial score (nSPS) is 24.6. The molecule has 0 bridgehead atoms. The number of sulfonamides is 1. The zero-order chi connectivity index (χ0) is 13.9. The van der Waals surface area contributed by atoms with E-state index >= 15 is 0 Å². The fourth-order valence-electron chi connectivity index (χ4n) is 2.88. The minimum Gasteiger partial charge on any atom is -0.330 e. The predicted octanol–water partition coefficient (Wildman–Crippen LogP) is 1.82. The second-order valence-corrected chi connectivity index (χ2v) is 7.18. The standard InChI is InChI=1S/C14H22N2O2S/c1-16(14-10-6-5-7-12(14)11-15)19(17,18)13-8-3-2-4-9-13/h2-4,8-9,12,14H,5-7,10-11,15H2,1H3. The van der Waals surface area contributed by atoms with Gasteiger partial charge in [0.05, 0.1) is 4.90 Å². The number of hydrogen-bond acceptors (Lipinski definition) is 3. The van der Waals surface area contributed by atoms with Gasteiger partial charge in [0.15, 0.2) is 0 Å². The van der Waals surface area contributed by atoms with E-state index in [9.17, 15) is 8.42 Å². The summed E-state index contributed by atoms with van der Waals surface area (Å²) in [6.07, 6.45) is 4.16. The third-order valence-electron chi connectivity index (χ3n) is 4.06. The van der Waals surface area contributed by atoms with Crippen molar-refractivity contribution in [2.45, 2.75) is 36.6 Å². The molecule has 1 aliphatic carbocycles. The maximum absolute atomic E-state index is 12.6. The van der Waals surface area contributed by atoms with Crippen LogP contribution >= 0.6 is 0 Å². The number of nitrogens with two attached hydrogens (primary N) is 1. The Labute approximate surface area is 115 Å². The molecule has 106 valence electrons. The van der Waals surface area contributed by atoms with Gasteiger partial charge in [-0.15, -0.1) is 0 Å². The minimum absolute atomic E-state index is 0.0314. The van der Waals surface area contributed by atoms with Gasteiger partial charge in [-0.1, -0.05) is 31.0 Å². The van der Waals surface area contributed by atoms with Crippen LogP contribution in [0.15, 0.2) is 35.2 Å². The monoisotopic (exact) mass is 282 g/mol. The number of rotatable bonds is 4. The molecule has 1 aromatic rings. The summed E-state index contributed by atoms with van der Waals surface area (Å²) in [5, 5.41) is 0. The van der Waals surface area contributed by atoms with Crippen LogP contribution in [0.5, 0.6) is 0 Å². The molecule has 0 radical (unpaired) electrons. The second kappa shape index (κ2) is 6.03. The quantitative estimate of drug-likeness (QED) is 0.916. The Balaban J connectivity index is 2.25. The Morgan fingerprint density at radius 2 is 1.84 bits per heavy atom. The van der Waals surface area contributed by atoms with Crippen LogP contribution in [-0.2, 0) is 10.0 Å². The van der Waals surface area contributed by atoms with Crippen LogP contribution in [0.3, 0.4) is 0 Å². The fraction of sp³-hybridized carbons (Fsp3) is 0.571. The Kier molecular flexibility index (Phi) is 4.60. The van der Waals surface area contributed by atoms with Crippen molar-refractivity contribution in [3.8, 4) is 0 Å². The smallest absolute Gasteiger partial charge is 0.243 e. The van der Waals surface area contributed by atoms with E-state index in [4.69, 9.17) is 5.73 Å². The lowest BCUT2D eigenvalue weighted by Gasteiger charge is -2.36. The first-order valence-electron chi connectivity index (χ1n) is 6.80. The molecule has 2 rings (SSSR count). The molecule has 19 heavy (non-hydrogen) atoms. The van der Waals surface area contributed by atoms with Crippen molar-refractivity contribution >= 4 is 10.0 Å². The molecule has 0 spiro atoms. The lowest BCUT2D eigenvalue weighted by atomic mass is 9.85. The highest BCUT2D eigenvalue weighted by molar-refractivity contribution is 7.89. The van der Waals surface area contributed by atoms with Crippen LogP contribution in [0, 0.1) is 5.92 Å². The first-order valence-corrected chi connectivity index (χ1v) is 8.24. The van der Waals surface area contributed by atoms with Crippen LogP contribution in [0.4, 0.5) is 0 Å². The van der Waals surface area contributed by atoms with E-state index in [0.717, 1.165) is 25.7 Å². The van der Waals surface area contributed by atoms with E-state index in [1.54, 1.807) is 31.3 Å². The average molecular weight is 282 g/mol. The largest absolute Gasteiger partial charge is 0.330 e. The third kappa shape index (κ3) is 2.99. The summed E-state index contributed by atoms with van der Waals surface area (Å²) in [7, 11) is -1.72. The molecule has 4 nitrogen and oxygen atoms in total. The van der Waals surface area contributed by atoms with Gasteiger partial charge in [-0.2, -0.15) is 4.31 Å². The van der Waals surface area contributed by atoms with Gasteiger partial charge >= 0.3 is 0 Å². The predicted molar refractivity (Wildman–Crippen MR) is 76.2 cm³/mol. The Morgan fingerprint density at radius 1 is 1.21 bits per heavy atom. The van der Waals surface area contributed by atoms with E-state index in [2.05, 4.69) is 0 Å². The van der Waals surface area contributed by atoms with Crippen molar-refractivity contribution in [1.29, 1.82) is 0 Å². The van der Waals surface area contributed by atoms with Gasteiger partial charge in [-0.05, 0) is 37.4 Å². The van der Waals surface area contributed by atoms with E-state index in [-0.39, 0.29) is 12.0 Å². The lowest BCUT2D eigenvalue weighted by Crippen LogP contribution is -2.45. The summed E-state index contributed by atoms with van der Waals surface area (Å²) in [5.41, 5.74) is 5.79. The van der Waals surface area contributed by atoms with Gasteiger partial charge < -0.3 is 5.73 Å². The van der Waals surface area contributed by atoms with Crippen LogP contribution in [0.25, 0.3) is 0 Å². The molecule has 0 aromatic heterocycles. The third-order valence-corrected chi connectivity index (χ3v) is 5.96. The Bertz CT molecular complexity index is 501. The molecule has 1 aromatic carbocycles. The highest BCUT2D eigenvalue weighted by Gasteiger charge is 2.34. The van der Waals surface area contributed by atoms with Gasteiger partial charge in [0.2, 0.25) is 10.0 Å². The highest BCUT2D eigenvalue weighted by Crippen LogP contribution is 2.30. The topological polar surface area (TPSA) is 63.4 Å². The molecule has 0 amide bonds. The van der Waals surface area contributed by atoms with Gasteiger partial charge in [0.1, 0.15) is 0 Å². The van der Waals surface area contributed by atoms with Gasteiger partial charge in [-0.25, -0.2) is 8.42 Å². The highest BCUT2D eigenvalue weighted by atomic mass is 32.2. The first-order chi connectivity index (χ1) is 9.07. The van der Waals surface area contributed by atoms with Gasteiger partial charge in [-0.3, -0.25) is 0 Å². The number of nitrogens with zero attached hydrogens (tertiary/aromatic N) is 1. The molecule has 2 unspecified atom stereocenters. The SMILES string of the molecule is CN(C1CCCCC1CN)S(=O)(=O)c1ccccc1. The summed E-state index contributed by atoms with van der Waals surface area (Å²) in [6.45, 7) is 0.555. The van der Waals surface area contributed by atoms with E-state index in [1.807, 2.05) is 6.07 Å². The molecule has 1 aliphatic rings. The summed E-state index contributed by atoms with van der Waals surface area (Å²) in [6, 6.07) is 8.65. The summed E-state index contributed by atoms with van der Waals surface area (Å²) >= 11 is 0. The van der Waals surface area contributed by atoms with Gasteiger partial charge in [0, 0.05) is 13.1 Å². The number of benzene rings is 1. The minimum atomic E-state index is -3.40. The van der Waals surface area contributed by atoms with E-state index in [1.165, 1.54) is 4.31 Å². The zero-order valence-corrected chi connectivity index (χ0v) is 12.1. The Hall–Kier alpha value is -0.910. The average Bonchev–Trinajstić information content (AvgIpc) is 2.47. The van der Waals surface area contributed by atoms with Crippen molar-refractivity contribution in [2.75, 3.05) is 13.6 Å². The maximum atomic E-state index is 12.6. The molecule has 5 heteroatoms. The zero-order valence-electron chi connectivity index (χ0n) is 11.3. The van der Waals surface area contributed by atoms with E-state index < -0.39 is 10.0 Å². The molecule has 2 atom stereocenters. The van der Waals surface area contributed by atoms with E-state index in [0.29, 0.717) is 11.4 Å². The molecule has 1 fully saturated rings. The molecule has 0 heterocycles. The molecule has 0 aliphatic heterocycles. The lowest BCUT2D eigenvalue weighted by molar-refractivity contribution is 0.204. The fourth-order valence-corrected chi connectivity index (χ4v) is 4.35. The van der Waals surface area contributed by atoms with Crippen LogP contribution in [0.2, 0.25) is 0 Å². The molecule has 0 saturated heterocycles. The van der Waals surface area contributed by atoms with Gasteiger partial charge in [0.25, 0.3) is 0 Å². The van der Waals surface area contributed by atoms with Crippen LogP contribution in [0.1, 0.15) is 25.7 Å². The van der Waals surface area contributed by atoms with Crippen molar-refractivity contribution < 1.29 is 8.42 Å². The second-order valence-electron chi connectivity index (χ2n) is 5.18. The van der Waals surface area contributed by atoms with Crippen molar-refractivity contribution in [3.05, 3.63) is 30.3 Å². The number of hydrogen-bond donors (Lipinski definition) is 1. The molecule has 2 N–H and O–H groups in total. The molecular weight excluding hydrogens is 260 g/mol. The maximum Gasteiger partial charge on any atom is 0.243 e. The summed E-state index contributed by atoms with van der Waals surface area (Å²) in [4.78, 5) is 0.360. The summed E-state index contributed by atoms with van der Waals surface area (Å²) < 4.78 is 26.7. The van der Waals surface area contributed by atoms with Crippen LogP contribution < -0.4 is 5.73 Å². The van der Waals surface area contributed by atoms with Crippen molar-refractivity contribution in [3.63, 3.8) is 0 Å². The first kappa shape index (κ1) is 14.5. The van der Waals surface area contributed by atoms with Crippen LogP contribution in [-0.4, -0.2) is 32.4 Å². The van der Waals surface area contributed by atoms with Crippen molar-refractivity contribution in [2.24, 2.45) is 11.7 Å².